The summed E-state index contributed by atoms with van der Waals surface area (Å²) in [5.74, 6) is -0.0696. The molecule has 0 bridgehead atoms. The second-order valence-corrected chi connectivity index (χ2v) is 6.25. The highest BCUT2D eigenvalue weighted by Crippen LogP contribution is 2.51. The van der Waals surface area contributed by atoms with Gasteiger partial charge in [0, 0.05) is 6.42 Å². The normalized spacial score (nSPS) is 24.1. The lowest BCUT2D eigenvalue weighted by Gasteiger charge is -2.43. The van der Waals surface area contributed by atoms with E-state index in [1.54, 1.807) is 0 Å². The summed E-state index contributed by atoms with van der Waals surface area (Å²) in [5, 5.41) is 0. The molecular weight excluding hydrogens is 257 g/mol. The van der Waals surface area contributed by atoms with Crippen LogP contribution in [-0.4, -0.2) is 13.9 Å². The fourth-order valence-corrected chi connectivity index (χ4v) is 2.85. The Balaban J connectivity index is 2.02. The number of allylic oxidation sites excluding steroid dienone is 2. The van der Waals surface area contributed by atoms with Crippen LogP contribution in [0.4, 0.5) is 13.2 Å². The van der Waals surface area contributed by atoms with Crippen LogP contribution in [0.3, 0.4) is 0 Å². The third-order valence-electron chi connectivity index (χ3n) is 3.58. The predicted octanol–water partition coefficient (Wildman–Crippen LogP) is 3.09. The second-order valence-electron chi connectivity index (χ2n) is 4.71. The second kappa shape index (κ2) is 3.90. The maximum atomic E-state index is 12.1. The average Bonchev–Trinajstić information content (AvgIpc) is 2.14. The highest BCUT2D eigenvalue weighted by molar-refractivity contribution is 7.87. The maximum absolute atomic E-state index is 12.1. The Morgan fingerprint density at radius 3 is 2.24 bits per heavy atom. The summed E-state index contributed by atoms with van der Waals surface area (Å²) < 4.78 is 61.9. The average molecular weight is 270 g/mol. The van der Waals surface area contributed by atoms with Gasteiger partial charge in [0.25, 0.3) is 0 Å². The topological polar surface area (TPSA) is 43.4 Å². The van der Waals surface area contributed by atoms with E-state index < -0.39 is 15.6 Å². The SMILES string of the molecule is O=S(=O)(OC1=CCC2(CCC2)CC1)C(F)(F)F. The molecule has 0 saturated heterocycles. The molecule has 0 unspecified atom stereocenters. The van der Waals surface area contributed by atoms with Gasteiger partial charge in [-0.1, -0.05) is 6.42 Å². The van der Waals surface area contributed by atoms with Crippen LogP contribution in [0.2, 0.25) is 0 Å². The molecule has 0 aromatic rings. The first-order valence-corrected chi connectivity index (χ1v) is 6.85. The quantitative estimate of drug-likeness (QED) is 0.572. The zero-order chi connectivity index (χ0) is 12.7. The van der Waals surface area contributed by atoms with Gasteiger partial charge in [0.1, 0.15) is 5.76 Å². The molecular formula is C10H13F3O3S. The molecule has 0 atom stereocenters. The summed E-state index contributed by atoms with van der Waals surface area (Å²) in [7, 11) is -5.49. The van der Waals surface area contributed by atoms with Crippen molar-refractivity contribution in [2.75, 3.05) is 0 Å². The summed E-state index contributed by atoms with van der Waals surface area (Å²) in [4.78, 5) is 0. The Morgan fingerprint density at radius 1 is 1.24 bits per heavy atom. The van der Waals surface area contributed by atoms with Gasteiger partial charge in [-0.3, -0.25) is 0 Å². The van der Waals surface area contributed by atoms with Crippen LogP contribution in [0.1, 0.15) is 38.5 Å². The fraction of sp³-hybridized carbons (Fsp3) is 0.800. The molecule has 0 radical (unpaired) electrons. The molecule has 1 spiro atoms. The van der Waals surface area contributed by atoms with Crippen molar-refractivity contribution >= 4 is 10.1 Å². The van der Waals surface area contributed by atoms with E-state index in [1.807, 2.05) is 0 Å². The number of hydrogen-bond donors (Lipinski definition) is 0. The van der Waals surface area contributed by atoms with Crippen molar-refractivity contribution in [1.82, 2.24) is 0 Å². The van der Waals surface area contributed by atoms with E-state index in [1.165, 1.54) is 6.08 Å². The van der Waals surface area contributed by atoms with E-state index in [9.17, 15) is 21.6 Å². The minimum Gasteiger partial charge on any atom is -0.381 e. The molecule has 0 aromatic carbocycles. The van der Waals surface area contributed by atoms with E-state index in [2.05, 4.69) is 4.18 Å². The Labute approximate surface area is 97.8 Å². The lowest BCUT2D eigenvalue weighted by Crippen LogP contribution is -2.32. The summed E-state index contributed by atoms with van der Waals surface area (Å²) in [6, 6.07) is 0. The molecule has 17 heavy (non-hydrogen) atoms. The minimum atomic E-state index is -5.49. The largest absolute Gasteiger partial charge is 0.534 e. The van der Waals surface area contributed by atoms with Crippen LogP contribution >= 0.6 is 0 Å². The smallest absolute Gasteiger partial charge is 0.381 e. The van der Waals surface area contributed by atoms with E-state index >= 15 is 0 Å². The number of hydrogen-bond acceptors (Lipinski definition) is 3. The van der Waals surface area contributed by atoms with E-state index in [0.29, 0.717) is 12.8 Å². The summed E-state index contributed by atoms with van der Waals surface area (Å²) in [5.41, 5.74) is -5.14. The molecule has 0 aliphatic heterocycles. The zero-order valence-electron chi connectivity index (χ0n) is 9.09. The van der Waals surface area contributed by atoms with Crippen LogP contribution in [0.5, 0.6) is 0 Å². The molecule has 0 aromatic heterocycles. The lowest BCUT2D eigenvalue weighted by atomic mass is 9.62. The minimum absolute atomic E-state index is 0.0696. The zero-order valence-corrected chi connectivity index (χ0v) is 9.90. The Bertz CT molecular complexity index is 432. The first-order chi connectivity index (χ1) is 7.74. The van der Waals surface area contributed by atoms with Crippen LogP contribution in [0.15, 0.2) is 11.8 Å². The molecule has 2 aliphatic carbocycles. The molecule has 2 aliphatic rings. The van der Waals surface area contributed by atoms with Gasteiger partial charge in [-0.2, -0.15) is 21.6 Å². The van der Waals surface area contributed by atoms with Crippen molar-refractivity contribution in [1.29, 1.82) is 0 Å². The molecule has 2 rings (SSSR count). The summed E-state index contributed by atoms with van der Waals surface area (Å²) in [6.45, 7) is 0. The van der Waals surface area contributed by atoms with Gasteiger partial charge in [-0.25, -0.2) is 0 Å². The maximum Gasteiger partial charge on any atom is 0.534 e. The Morgan fingerprint density at radius 2 is 1.88 bits per heavy atom. The van der Waals surface area contributed by atoms with Crippen LogP contribution in [0, 0.1) is 5.41 Å². The van der Waals surface area contributed by atoms with Gasteiger partial charge in [-0.15, -0.1) is 0 Å². The Hall–Kier alpha value is -0.720. The monoisotopic (exact) mass is 270 g/mol. The van der Waals surface area contributed by atoms with E-state index in [0.717, 1.165) is 19.3 Å². The lowest BCUT2D eigenvalue weighted by molar-refractivity contribution is -0.0526. The van der Waals surface area contributed by atoms with Crippen LogP contribution in [0.25, 0.3) is 0 Å². The van der Waals surface area contributed by atoms with E-state index in [4.69, 9.17) is 0 Å². The Kier molecular flexibility index (Phi) is 2.92. The van der Waals surface area contributed by atoms with Crippen molar-refractivity contribution in [3.63, 3.8) is 0 Å². The number of halogens is 3. The van der Waals surface area contributed by atoms with Crippen LogP contribution < -0.4 is 0 Å². The third-order valence-corrected chi connectivity index (χ3v) is 4.58. The van der Waals surface area contributed by atoms with Crippen molar-refractivity contribution in [3.8, 4) is 0 Å². The highest BCUT2D eigenvalue weighted by atomic mass is 32.2. The van der Waals surface area contributed by atoms with Gasteiger partial charge in [-0.05, 0) is 37.2 Å². The first-order valence-electron chi connectivity index (χ1n) is 5.44. The number of alkyl halides is 3. The van der Waals surface area contributed by atoms with E-state index in [-0.39, 0.29) is 17.6 Å². The van der Waals surface area contributed by atoms with Crippen molar-refractivity contribution < 1.29 is 25.8 Å². The third kappa shape index (κ3) is 2.43. The van der Waals surface area contributed by atoms with Crippen molar-refractivity contribution in [2.24, 2.45) is 5.41 Å². The van der Waals surface area contributed by atoms with Crippen molar-refractivity contribution in [3.05, 3.63) is 11.8 Å². The van der Waals surface area contributed by atoms with Crippen molar-refractivity contribution in [2.45, 2.75) is 44.0 Å². The summed E-state index contributed by atoms with van der Waals surface area (Å²) in [6.07, 6.45) is 6.39. The van der Waals surface area contributed by atoms with Crippen LogP contribution in [-0.2, 0) is 14.3 Å². The molecule has 0 N–H and O–H groups in total. The molecule has 0 heterocycles. The number of rotatable bonds is 2. The van der Waals surface area contributed by atoms with Gasteiger partial charge < -0.3 is 4.18 Å². The molecule has 7 heteroatoms. The van der Waals surface area contributed by atoms with Gasteiger partial charge in [0.05, 0.1) is 0 Å². The summed E-state index contributed by atoms with van der Waals surface area (Å²) >= 11 is 0. The van der Waals surface area contributed by atoms with Gasteiger partial charge in [0.15, 0.2) is 0 Å². The van der Waals surface area contributed by atoms with Gasteiger partial charge in [0.2, 0.25) is 0 Å². The molecule has 98 valence electrons. The van der Waals surface area contributed by atoms with Gasteiger partial charge >= 0.3 is 15.6 Å². The first kappa shape index (κ1) is 12.7. The predicted molar refractivity (Wildman–Crippen MR) is 54.3 cm³/mol. The standard InChI is InChI=1S/C10H13F3O3S/c11-10(12,13)17(14,15)16-8-2-6-9(7-3-8)4-1-5-9/h2H,1,3-7H2. The molecule has 0 amide bonds. The molecule has 1 fully saturated rings. The fourth-order valence-electron chi connectivity index (χ4n) is 2.32. The highest BCUT2D eigenvalue weighted by Gasteiger charge is 2.49. The molecule has 3 nitrogen and oxygen atoms in total. The molecule has 1 saturated carbocycles.